The van der Waals surface area contributed by atoms with E-state index in [2.05, 4.69) is 28.4 Å². The van der Waals surface area contributed by atoms with Gasteiger partial charge in [0.15, 0.2) is 5.82 Å². The molecule has 0 aliphatic carbocycles. The van der Waals surface area contributed by atoms with Crippen LogP contribution in [0.4, 0.5) is 5.82 Å². The van der Waals surface area contributed by atoms with Crippen molar-refractivity contribution in [3.05, 3.63) is 18.6 Å². The van der Waals surface area contributed by atoms with Gasteiger partial charge in [-0.3, -0.25) is 0 Å². The fourth-order valence-corrected chi connectivity index (χ4v) is 1.45. The maximum atomic E-state index is 5.77. The van der Waals surface area contributed by atoms with Crippen LogP contribution < -0.4 is 5.73 Å². The summed E-state index contributed by atoms with van der Waals surface area (Å²) in [6.07, 6.45) is 3.47. The zero-order valence-corrected chi connectivity index (χ0v) is 7.73. The lowest BCUT2D eigenvalue weighted by Crippen LogP contribution is -2.02. The predicted octanol–water partition coefficient (Wildman–Crippen LogP) is 1.59. The van der Waals surface area contributed by atoms with Gasteiger partial charge in [0.2, 0.25) is 0 Å². The summed E-state index contributed by atoms with van der Waals surface area (Å²) in [6.45, 7) is 4.21. The number of nitrogens with two attached hydrogens (primary N) is 1. The second-order valence-electron chi connectivity index (χ2n) is 3.31. The van der Waals surface area contributed by atoms with Crippen molar-refractivity contribution in [2.24, 2.45) is 0 Å². The topological polar surface area (TPSA) is 56.7 Å². The molecule has 0 aliphatic heterocycles. The number of nitrogen functional groups attached to an aromatic ring is 1. The van der Waals surface area contributed by atoms with Gasteiger partial charge in [0.25, 0.3) is 0 Å². The van der Waals surface area contributed by atoms with Crippen molar-refractivity contribution in [2.75, 3.05) is 5.73 Å². The first-order valence-corrected chi connectivity index (χ1v) is 4.27. The van der Waals surface area contributed by atoms with Crippen molar-refractivity contribution in [3.8, 4) is 0 Å². The molecule has 0 saturated heterocycles. The zero-order valence-electron chi connectivity index (χ0n) is 7.73. The van der Waals surface area contributed by atoms with Crippen molar-refractivity contribution in [2.45, 2.75) is 19.9 Å². The molecular formula is C9H12N4. The van der Waals surface area contributed by atoms with E-state index in [1.54, 1.807) is 0 Å². The van der Waals surface area contributed by atoms with Crippen molar-refractivity contribution >= 4 is 16.9 Å². The molecular weight excluding hydrogens is 164 g/mol. The molecule has 2 aromatic heterocycles. The van der Waals surface area contributed by atoms with Crippen LogP contribution in [0.25, 0.3) is 11.0 Å². The van der Waals surface area contributed by atoms with E-state index in [0.717, 1.165) is 11.0 Å². The predicted molar refractivity (Wildman–Crippen MR) is 52.3 cm³/mol. The molecule has 13 heavy (non-hydrogen) atoms. The summed E-state index contributed by atoms with van der Waals surface area (Å²) in [6, 6.07) is 2.33. The molecule has 0 bridgehead atoms. The highest BCUT2D eigenvalue weighted by Gasteiger charge is 2.07. The van der Waals surface area contributed by atoms with E-state index in [4.69, 9.17) is 5.73 Å². The molecule has 0 aliphatic rings. The van der Waals surface area contributed by atoms with Gasteiger partial charge in [0.05, 0.1) is 5.52 Å². The Kier molecular flexibility index (Phi) is 1.69. The van der Waals surface area contributed by atoms with Gasteiger partial charge in [-0.05, 0) is 19.9 Å². The minimum Gasteiger partial charge on any atom is -0.382 e. The van der Waals surface area contributed by atoms with Gasteiger partial charge in [0.1, 0.15) is 11.8 Å². The average molecular weight is 176 g/mol. The molecule has 0 atom stereocenters. The van der Waals surface area contributed by atoms with E-state index in [-0.39, 0.29) is 0 Å². The maximum Gasteiger partial charge on any atom is 0.151 e. The Morgan fingerprint density at radius 1 is 1.38 bits per heavy atom. The SMILES string of the molecule is CC(C)n1ccc2ncnc(N)c21. The van der Waals surface area contributed by atoms with Gasteiger partial charge in [-0.1, -0.05) is 0 Å². The zero-order chi connectivity index (χ0) is 9.42. The lowest BCUT2D eigenvalue weighted by atomic mass is 10.3. The first-order valence-electron chi connectivity index (χ1n) is 4.27. The van der Waals surface area contributed by atoms with Gasteiger partial charge < -0.3 is 10.3 Å². The molecule has 4 heteroatoms. The fraction of sp³-hybridized carbons (Fsp3) is 0.333. The van der Waals surface area contributed by atoms with Gasteiger partial charge >= 0.3 is 0 Å². The van der Waals surface area contributed by atoms with Crippen molar-refractivity contribution in [1.29, 1.82) is 0 Å². The molecule has 2 aromatic rings. The average Bonchev–Trinajstić information content (AvgIpc) is 2.49. The van der Waals surface area contributed by atoms with Crippen LogP contribution in [0.1, 0.15) is 19.9 Å². The Balaban J connectivity index is 2.79. The number of fused-ring (bicyclic) bond motifs is 1. The third-order valence-electron chi connectivity index (χ3n) is 2.09. The van der Waals surface area contributed by atoms with Gasteiger partial charge in [-0.15, -0.1) is 0 Å². The molecule has 2 N–H and O–H groups in total. The lowest BCUT2D eigenvalue weighted by molar-refractivity contribution is 0.622. The van der Waals surface area contributed by atoms with Gasteiger partial charge in [-0.25, -0.2) is 9.97 Å². The van der Waals surface area contributed by atoms with Crippen LogP contribution >= 0.6 is 0 Å². The van der Waals surface area contributed by atoms with E-state index in [1.807, 2.05) is 12.3 Å². The summed E-state index contributed by atoms with van der Waals surface area (Å²) in [5.41, 5.74) is 7.60. The number of anilines is 1. The highest BCUT2D eigenvalue weighted by Crippen LogP contribution is 2.21. The second-order valence-corrected chi connectivity index (χ2v) is 3.31. The second kappa shape index (κ2) is 2.73. The molecule has 68 valence electrons. The Labute approximate surface area is 76.4 Å². The summed E-state index contributed by atoms with van der Waals surface area (Å²) < 4.78 is 2.07. The number of rotatable bonds is 1. The van der Waals surface area contributed by atoms with Crippen LogP contribution in [0.3, 0.4) is 0 Å². The summed E-state index contributed by atoms with van der Waals surface area (Å²) >= 11 is 0. The first-order chi connectivity index (χ1) is 6.20. The lowest BCUT2D eigenvalue weighted by Gasteiger charge is -2.09. The first kappa shape index (κ1) is 8.04. The summed E-state index contributed by atoms with van der Waals surface area (Å²) in [5, 5.41) is 0. The third kappa shape index (κ3) is 1.14. The smallest absolute Gasteiger partial charge is 0.151 e. The molecule has 0 amide bonds. The number of hydrogen-bond acceptors (Lipinski definition) is 3. The molecule has 2 heterocycles. The molecule has 0 aromatic carbocycles. The Morgan fingerprint density at radius 3 is 2.85 bits per heavy atom. The third-order valence-corrected chi connectivity index (χ3v) is 2.09. The van der Waals surface area contributed by atoms with Crippen LogP contribution in [0.2, 0.25) is 0 Å². The van der Waals surface area contributed by atoms with Crippen LogP contribution in [-0.2, 0) is 0 Å². The molecule has 2 rings (SSSR count). The molecule has 0 saturated carbocycles. The minimum absolute atomic E-state index is 0.380. The van der Waals surface area contributed by atoms with Crippen LogP contribution in [-0.4, -0.2) is 14.5 Å². The standard InChI is InChI=1S/C9H12N4/c1-6(2)13-4-3-7-8(13)9(10)12-5-11-7/h3-6H,1-2H3,(H2,10,11,12). The monoisotopic (exact) mass is 176 g/mol. The van der Waals surface area contributed by atoms with Crippen LogP contribution in [0.15, 0.2) is 18.6 Å². The summed E-state index contributed by atoms with van der Waals surface area (Å²) in [7, 11) is 0. The molecule has 0 radical (unpaired) electrons. The van der Waals surface area contributed by atoms with Gasteiger partial charge in [-0.2, -0.15) is 0 Å². The quantitative estimate of drug-likeness (QED) is 0.717. The molecule has 0 unspecified atom stereocenters. The normalized spacial score (nSPS) is 11.3. The summed E-state index contributed by atoms with van der Waals surface area (Å²) in [5.74, 6) is 0.545. The van der Waals surface area contributed by atoms with Crippen LogP contribution in [0.5, 0.6) is 0 Å². The Hall–Kier alpha value is -1.58. The number of nitrogens with zero attached hydrogens (tertiary/aromatic N) is 3. The number of aromatic nitrogens is 3. The van der Waals surface area contributed by atoms with Crippen molar-refractivity contribution in [3.63, 3.8) is 0 Å². The van der Waals surface area contributed by atoms with E-state index in [9.17, 15) is 0 Å². The van der Waals surface area contributed by atoms with Gasteiger partial charge in [0, 0.05) is 12.2 Å². The Bertz CT molecular complexity index is 430. The van der Waals surface area contributed by atoms with Crippen molar-refractivity contribution in [1.82, 2.24) is 14.5 Å². The maximum absolute atomic E-state index is 5.77. The highest BCUT2D eigenvalue weighted by molar-refractivity contribution is 5.85. The number of hydrogen-bond donors (Lipinski definition) is 1. The largest absolute Gasteiger partial charge is 0.382 e. The van der Waals surface area contributed by atoms with Crippen molar-refractivity contribution < 1.29 is 0 Å². The van der Waals surface area contributed by atoms with E-state index in [0.29, 0.717) is 11.9 Å². The minimum atomic E-state index is 0.380. The van der Waals surface area contributed by atoms with E-state index in [1.165, 1.54) is 6.33 Å². The van der Waals surface area contributed by atoms with E-state index < -0.39 is 0 Å². The fourth-order valence-electron chi connectivity index (χ4n) is 1.45. The van der Waals surface area contributed by atoms with Crippen LogP contribution in [0, 0.1) is 0 Å². The highest BCUT2D eigenvalue weighted by atomic mass is 15.0. The van der Waals surface area contributed by atoms with E-state index >= 15 is 0 Å². The molecule has 4 nitrogen and oxygen atoms in total. The Morgan fingerprint density at radius 2 is 2.15 bits per heavy atom. The molecule has 0 spiro atoms. The molecule has 0 fully saturated rings. The summed E-state index contributed by atoms with van der Waals surface area (Å²) in [4.78, 5) is 8.10.